The van der Waals surface area contributed by atoms with Gasteiger partial charge in [-0.05, 0) is 36.8 Å². The zero-order chi connectivity index (χ0) is 20.9. The summed E-state index contributed by atoms with van der Waals surface area (Å²) in [6, 6.07) is 7.66. The van der Waals surface area contributed by atoms with Gasteiger partial charge in [0.15, 0.2) is 0 Å². The van der Waals surface area contributed by atoms with E-state index in [0.717, 1.165) is 12.1 Å². The standard InChI is InChI=1S/C19H14Cl2F3NO3/c1-9-5-11(3-4-15(9)17(26)27)16-10(2)18(28-25-16,19(22,23)24)12-6-13(20)8-14(21)7-12/h3-8,10H,1-2H3,(H,26,27)/p-1. The first kappa shape index (κ1) is 20.5. The van der Waals surface area contributed by atoms with Gasteiger partial charge in [-0.25, -0.2) is 0 Å². The summed E-state index contributed by atoms with van der Waals surface area (Å²) in [6.07, 6.45) is -4.83. The molecule has 28 heavy (non-hydrogen) atoms. The summed E-state index contributed by atoms with van der Waals surface area (Å²) in [4.78, 5) is 16.1. The molecule has 2 aromatic rings. The number of carbonyl (C=O) groups excluding carboxylic acids is 1. The van der Waals surface area contributed by atoms with E-state index in [1.54, 1.807) is 0 Å². The third-order valence-electron chi connectivity index (χ3n) is 4.76. The Morgan fingerprint density at radius 3 is 2.29 bits per heavy atom. The number of aromatic carboxylic acids is 1. The number of carbonyl (C=O) groups is 1. The summed E-state index contributed by atoms with van der Waals surface area (Å²) in [6.45, 7) is 2.85. The number of nitrogens with zero attached hydrogens (tertiary/aromatic N) is 1. The highest BCUT2D eigenvalue weighted by molar-refractivity contribution is 6.34. The number of benzene rings is 2. The summed E-state index contributed by atoms with van der Waals surface area (Å²) in [5.74, 6) is -2.63. The zero-order valence-corrected chi connectivity index (χ0v) is 16.1. The van der Waals surface area contributed by atoms with E-state index >= 15 is 0 Å². The van der Waals surface area contributed by atoms with Gasteiger partial charge in [0.2, 0.25) is 0 Å². The molecule has 1 aliphatic heterocycles. The number of rotatable bonds is 3. The van der Waals surface area contributed by atoms with E-state index in [1.807, 2.05) is 0 Å². The average Bonchev–Trinajstić information content (AvgIpc) is 2.91. The van der Waals surface area contributed by atoms with Crippen LogP contribution in [0.5, 0.6) is 0 Å². The van der Waals surface area contributed by atoms with Crippen molar-refractivity contribution in [3.63, 3.8) is 0 Å². The molecule has 0 fully saturated rings. The van der Waals surface area contributed by atoms with E-state index < -0.39 is 23.7 Å². The number of halogens is 5. The number of oxime groups is 1. The molecular formula is C19H13Cl2F3NO3-. The van der Waals surface area contributed by atoms with Crippen molar-refractivity contribution in [2.75, 3.05) is 0 Å². The van der Waals surface area contributed by atoms with Gasteiger partial charge in [0.05, 0.1) is 17.6 Å². The molecule has 0 aliphatic carbocycles. The van der Waals surface area contributed by atoms with Crippen molar-refractivity contribution in [2.45, 2.75) is 25.6 Å². The van der Waals surface area contributed by atoms with Crippen molar-refractivity contribution in [3.8, 4) is 0 Å². The van der Waals surface area contributed by atoms with Crippen LogP contribution in [0.15, 0.2) is 41.6 Å². The van der Waals surface area contributed by atoms with Crippen LogP contribution in [-0.4, -0.2) is 17.9 Å². The van der Waals surface area contributed by atoms with Crippen LogP contribution in [0.25, 0.3) is 0 Å². The van der Waals surface area contributed by atoms with Crippen LogP contribution in [0.3, 0.4) is 0 Å². The van der Waals surface area contributed by atoms with Gasteiger partial charge >= 0.3 is 6.18 Å². The minimum Gasteiger partial charge on any atom is -0.545 e. The van der Waals surface area contributed by atoms with Crippen LogP contribution in [0.1, 0.15) is 34.0 Å². The van der Waals surface area contributed by atoms with Gasteiger partial charge in [0.1, 0.15) is 0 Å². The molecule has 0 saturated carbocycles. The van der Waals surface area contributed by atoms with Gasteiger partial charge in [-0.1, -0.05) is 47.4 Å². The fraction of sp³-hybridized carbons (Fsp3) is 0.263. The minimum atomic E-state index is -4.83. The van der Waals surface area contributed by atoms with Gasteiger partial charge < -0.3 is 14.7 Å². The van der Waals surface area contributed by atoms with Crippen LogP contribution in [0.2, 0.25) is 10.0 Å². The highest BCUT2D eigenvalue weighted by Gasteiger charge is 2.66. The Kier molecular flexibility index (Phi) is 5.10. The highest BCUT2D eigenvalue weighted by Crippen LogP contribution is 2.52. The Morgan fingerprint density at radius 1 is 1.18 bits per heavy atom. The number of alkyl halides is 3. The first-order valence-electron chi connectivity index (χ1n) is 8.09. The van der Waals surface area contributed by atoms with Crippen molar-refractivity contribution >= 4 is 34.9 Å². The third kappa shape index (κ3) is 3.22. The first-order chi connectivity index (χ1) is 13.0. The molecule has 2 atom stereocenters. The van der Waals surface area contributed by atoms with Crippen LogP contribution in [-0.2, 0) is 10.4 Å². The van der Waals surface area contributed by atoms with Gasteiger partial charge in [-0.3, -0.25) is 0 Å². The number of carboxylic acids is 1. The van der Waals surface area contributed by atoms with Crippen LogP contribution in [0.4, 0.5) is 13.2 Å². The van der Waals surface area contributed by atoms with E-state index in [-0.39, 0.29) is 26.9 Å². The largest absolute Gasteiger partial charge is 0.545 e. The summed E-state index contributed by atoms with van der Waals surface area (Å²) in [5, 5.41) is 14.8. The molecule has 0 radical (unpaired) electrons. The Bertz CT molecular complexity index is 971. The van der Waals surface area contributed by atoms with E-state index in [1.165, 1.54) is 38.1 Å². The Hall–Kier alpha value is -2.25. The quantitative estimate of drug-likeness (QED) is 0.720. The van der Waals surface area contributed by atoms with E-state index in [2.05, 4.69) is 5.16 Å². The molecule has 2 aromatic carbocycles. The SMILES string of the molecule is Cc1cc(C2=NOC(c3cc(Cl)cc(Cl)c3)(C(F)(F)F)C2C)ccc1C(=O)[O-]. The molecule has 1 heterocycles. The van der Waals surface area contributed by atoms with Crippen LogP contribution in [0, 0.1) is 12.8 Å². The molecule has 1 aliphatic rings. The number of aryl methyl sites for hydroxylation is 1. The molecule has 0 aromatic heterocycles. The lowest BCUT2D eigenvalue weighted by Crippen LogP contribution is -2.48. The minimum absolute atomic E-state index is 0.0291. The Morgan fingerprint density at radius 2 is 1.79 bits per heavy atom. The lowest BCUT2D eigenvalue weighted by atomic mass is 9.77. The van der Waals surface area contributed by atoms with Crippen LogP contribution >= 0.6 is 23.2 Å². The van der Waals surface area contributed by atoms with Crippen molar-refractivity contribution in [3.05, 3.63) is 68.7 Å². The molecule has 148 valence electrons. The molecule has 4 nitrogen and oxygen atoms in total. The third-order valence-corrected chi connectivity index (χ3v) is 5.20. The predicted octanol–water partition coefficient (Wildman–Crippen LogP) is 4.49. The second-order valence-corrected chi connectivity index (χ2v) is 7.37. The van der Waals surface area contributed by atoms with Gasteiger partial charge in [-0.2, -0.15) is 13.2 Å². The average molecular weight is 431 g/mol. The highest BCUT2D eigenvalue weighted by atomic mass is 35.5. The van der Waals surface area contributed by atoms with Crippen molar-refractivity contribution in [1.82, 2.24) is 0 Å². The normalized spacial score (nSPS) is 22.0. The molecular weight excluding hydrogens is 418 g/mol. The summed E-state index contributed by atoms with van der Waals surface area (Å²) >= 11 is 11.8. The second kappa shape index (κ2) is 6.97. The lowest BCUT2D eigenvalue weighted by molar-refractivity contribution is -0.287. The fourth-order valence-electron chi connectivity index (χ4n) is 3.36. The van der Waals surface area contributed by atoms with Crippen LogP contribution < -0.4 is 5.11 Å². The molecule has 2 unspecified atom stereocenters. The van der Waals surface area contributed by atoms with Gasteiger partial charge in [-0.15, -0.1) is 0 Å². The summed E-state index contributed by atoms with van der Waals surface area (Å²) in [5.41, 5.74) is -2.43. The first-order valence-corrected chi connectivity index (χ1v) is 8.84. The predicted molar refractivity (Wildman–Crippen MR) is 96.5 cm³/mol. The molecule has 0 saturated heterocycles. The topological polar surface area (TPSA) is 61.7 Å². The fourth-order valence-corrected chi connectivity index (χ4v) is 3.88. The van der Waals surface area contributed by atoms with E-state index in [4.69, 9.17) is 28.0 Å². The maximum absolute atomic E-state index is 14.2. The van der Waals surface area contributed by atoms with E-state index in [9.17, 15) is 23.1 Å². The summed E-state index contributed by atoms with van der Waals surface area (Å²) in [7, 11) is 0. The number of hydrogen-bond donors (Lipinski definition) is 0. The van der Waals surface area contributed by atoms with Gasteiger partial charge in [0, 0.05) is 26.7 Å². The van der Waals surface area contributed by atoms with Gasteiger partial charge in [0.25, 0.3) is 5.60 Å². The molecule has 3 rings (SSSR count). The lowest BCUT2D eigenvalue weighted by Gasteiger charge is -2.34. The zero-order valence-electron chi connectivity index (χ0n) is 14.6. The second-order valence-electron chi connectivity index (χ2n) is 6.50. The smallest absolute Gasteiger partial charge is 0.436 e. The number of carboxylic acid groups (broad SMARTS) is 1. The van der Waals surface area contributed by atoms with Crippen molar-refractivity contribution < 1.29 is 27.9 Å². The molecule has 0 bridgehead atoms. The number of hydrogen-bond acceptors (Lipinski definition) is 4. The monoisotopic (exact) mass is 430 g/mol. The maximum atomic E-state index is 14.2. The molecule has 0 N–H and O–H groups in total. The van der Waals surface area contributed by atoms with Crippen molar-refractivity contribution in [1.29, 1.82) is 0 Å². The maximum Gasteiger partial charge on any atom is 0.436 e. The Labute approximate surface area is 168 Å². The van der Waals surface area contributed by atoms with E-state index in [0.29, 0.717) is 11.1 Å². The summed E-state index contributed by atoms with van der Waals surface area (Å²) < 4.78 is 42.5. The molecule has 9 heteroatoms. The molecule has 0 spiro atoms. The molecule has 0 amide bonds. The Balaban J connectivity index is 2.11. The van der Waals surface area contributed by atoms with Crippen molar-refractivity contribution in [2.24, 2.45) is 11.1 Å².